The number of aromatic nitrogens is 2. The molecule has 3 aromatic carbocycles. The molecule has 0 spiro atoms. The van der Waals surface area contributed by atoms with Crippen LogP contribution in [0.2, 0.25) is 0 Å². The maximum atomic E-state index is 17.5. The van der Waals surface area contributed by atoms with Crippen molar-refractivity contribution in [2.75, 3.05) is 57.4 Å². The normalized spacial score (nSPS) is 25.5. The minimum atomic E-state index is -0.577. The zero-order valence-corrected chi connectivity index (χ0v) is 28.6. The largest absolute Gasteiger partial charge is 0.508 e. The molecule has 5 fully saturated rings. The minimum absolute atomic E-state index is 0.0271. The van der Waals surface area contributed by atoms with E-state index in [9.17, 15) is 5.11 Å². The summed E-state index contributed by atoms with van der Waals surface area (Å²) in [6.45, 7) is 10.8. The summed E-state index contributed by atoms with van der Waals surface area (Å²) < 4.78 is 44.8. The Kier molecular flexibility index (Phi) is 7.68. The number of nitrogens with one attached hydrogen (secondary N) is 1. The van der Waals surface area contributed by atoms with Crippen molar-refractivity contribution in [3.05, 3.63) is 53.1 Å². The van der Waals surface area contributed by atoms with E-state index in [4.69, 9.17) is 25.9 Å². The van der Waals surface area contributed by atoms with Crippen molar-refractivity contribution in [2.45, 2.75) is 57.5 Å². The van der Waals surface area contributed by atoms with Crippen LogP contribution in [0.1, 0.15) is 56.6 Å². The topological polar surface area (TPSA) is 83.0 Å². The number of halogens is 2. The molecule has 10 heteroatoms. The van der Waals surface area contributed by atoms with E-state index in [1.165, 1.54) is 18.2 Å². The lowest BCUT2D eigenvalue weighted by Gasteiger charge is -2.34. The SMILES string of the molecule is C#Cc1c(F)ccc2cc(O)cc(-c3c(C(C)C)cc4c(N5CC6CCC(C5)N6)nc(OCC5(CN6CC7COCC7C6)CC5)nc4c3F)c12. The third-order valence-corrected chi connectivity index (χ3v) is 11.9. The summed E-state index contributed by atoms with van der Waals surface area (Å²) in [4.78, 5) is 14.6. The van der Waals surface area contributed by atoms with Gasteiger partial charge in [0.2, 0.25) is 0 Å². The Morgan fingerprint density at radius 2 is 1.80 bits per heavy atom. The lowest BCUT2D eigenvalue weighted by atomic mass is 9.86. The molecule has 4 unspecified atom stereocenters. The Hall–Kier alpha value is -4.04. The molecule has 5 heterocycles. The number of hydrogen-bond donors (Lipinski definition) is 2. The fourth-order valence-corrected chi connectivity index (χ4v) is 9.11. The number of terminal acetylenes is 1. The summed E-state index contributed by atoms with van der Waals surface area (Å²) in [7, 11) is 0. The molecule has 0 amide bonds. The number of rotatable bonds is 8. The maximum Gasteiger partial charge on any atom is 0.319 e. The van der Waals surface area contributed by atoms with Crippen LogP contribution in [0.4, 0.5) is 14.6 Å². The maximum absolute atomic E-state index is 17.5. The Labute approximate surface area is 291 Å². The van der Waals surface area contributed by atoms with Crippen LogP contribution in [0.3, 0.4) is 0 Å². The van der Waals surface area contributed by atoms with Gasteiger partial charge in [0.25, 0.3) is 0 Å². The predicted octanol–water partition coefficient (Wildman–Crippen LogP) is 6.22. The smallest absolute Gasteiger partial charge is 0.319 e. The molecule has 8 nitrogen and oxygen atoms in total. The zero-order valence-electron chi connectivity index (χ0n) is 28.6. The summed E-state index contributed by atoms with van der Waals surface area (Å²) in [6.07, 6.45) is 10.2. The van der Waals surface area contributed by atoms with E-state index < -0.39 is 11.6 Å². The summed E-state index contributed by atoms with van der Waals surface area (Å²) in [5.41, 5.74) is 1.48. The molecule has 50 heavy (non-hydrogen) atoms. The molecule has 1 saturated carbocycles. The van der Waals surface area contributed by atoms with Gasteiger partial charge in [-0.2, -0.15) is 9.97 Å². The number of hydrogen-bond acceptors (Lipinski definition) is 8. The average molecular weight is 680 g/mol. The third kappa shape index (κ3) is 5.45. The molecule has 2 N–H and O–H groups in total. The van der Waals surface area contributed by atoms with Crippen molar-refractivity contribution in [1.82, 2.24) is 20.2 Å². The Balaban J connectivity index is 1.16. The van der Waals surface area contributed by atoms with Gasteiger partial charge >= 0.3 is 6.01 Å². The summed E-state index contributed by atoms with van der Waals surface area (Å²) >= 11 is 0. The molecular formula is C40H43F2N5O3. The molecule has 2 bridgehead atoms. The monoisotopic (exact) mass is 679 g/mol. The summed E-state index contributed by atoms with van der Waals surface area (Å²) in [5, 5.41) is 16.0. The molecule has 1 aliphatic carbocycles. The van der Waals surface area contributed by atoms with Gasteiger partial charge in [-0.05, 0) is 72.4 Å². The molecular weight excluding hydrogens is 636 g/mol. The van der Waals surface area contributed by atoms with Gasteiger partial charge in [0.15, 0.2) is 5.82 Å². The van der Waals surface area contributed by atoms with Crippen LogP contribution in [0.5, 0.6) is 11.8 Å². The summed E-state index contributed by atoms with van der Waals surface area (Å²) in [6, 6.07) is 8.65. The van der Waals surface area contributed by atoms with Crippen molar-refractivity contribution < 1.29 is 23.4 Å². The summed E-state index contributed by atoms with van der Waals surface area (Å²) in [5.74, 6) is 3.06. The van der Waals surface area contributed by atoms with E-state index in [1.54, 1.807) is 6.07 Å². The van der Waals surface area contributed by atoms with Gasteiger partial charge in [-0.3, -0.25) is 0 Å². The molecule has 4 saturated heterocycles. The Bertz CT molecular complexity index is 2040. The predicted molar refractivity (Wildman–Crippen MR) is 190 cm³/mol. The molecule has 5 aliphatic rings. The molecule has 1 aromatic heterocycles. The van der Waals surface area contributed by atoms with Gasteiger partial charge in [0, 0.05) is 78.4 Å². The van der Waals surface area contributed by atoms with Gasteiger partial charge in [0.05, 0.1) is 25.4 Å². The zero-order chi connectivity index (χ0) is 34.3. The first kappa shape index (κ1) is 31.9. The van der Waals surface area contributed by atoms with Crippen LogP contribution >= 0.6 is 0 Å². The number of fused-ring (bicyclic) bond motifs is 5. The van der Waals surface area contributed by atoms with E-state index in [2.05, 4.69) is 21.0 Å². The van der Waals surface area contributed by atoms with Crippen LogP contribution in [-0.2, 0) is 4.74 Å². The number of piperazine rings is 1. The lowest BCUT2D eigenvalue weighted by molar-refractivity contribution is 0.131. The molecule has 4 atom stereocenters. The number of likely N-dealkylation sites (tertiary alicyclic amines) is 1. The van der Waals surface area contributed by atoms with Crippen molar-refractivity contribution in [1.29, 1.82) is 0 Å². The highest BCUT2D eigenvalue weighted by Crippen LogP contribution is 2.48. The molecule has 4 aliphatic heterocycles. The van der Waals surface area contributed by atoms with Gasteiger partial charge < -0.3 is 29.7 Å². The molecule has 9 rings (SSSR count). The fourth-order valence-electron chi connectivity index (χ4n) is 9.11. The second-order valence-corrected chi connectivity index (χ2v) is 15.8. The van der Waals surface area contributed by atoms with Gasteiger partial charge in [-0.1, -0.05) is 25.8 Å². The quantitative estimate of drug-likeness (QED) is 0.213. The van der Waals surface area contributed by atoms with Crippen LogP contribution in [0, 0.1) is 41.2 Å². The van der Waals surface area contributed by atoms with Crippen molar-refractivity contribution in [3.63, 3.8) is 0 Å². The minimum Gasteiger partial charge on any atom is -0.508 e. The number of phenols is 1. The van der Waals surface area contributed by atoms with Crippen LogP contribution < -0.4 is 15.0 Å². The Morgan fingerprint density at radius 3 is 2.48 bits per heavy atom. The highest BCUT2D eigenvalue weighted by molar-refractivity contribution is 6.05. The van der Waals surface area contributed by atoms with Crippen molar-refractivity contribution in [2.24, 2.45) is 17.3 Å². The van der Waals surface area contributed by atoms with E-state index in [1.807, 2.05) is 19.9 Å². The number of benzene rings is 3. The average Bonchev–Trinajstić information content (AvgIpc) is 3.34. The van der Waals surface area contributed by atoms with Gasteiger partial charge in [-0.15, -0.1) is 6.42 Å². The van der Waals surface area contributed by atoms with Crippen molar-refractivity contribution in [3.8, 4) is 35.2 Å². The first-order chi connectivity index (χ1) is 24.2. The van der Waals surface area contributed by atoms with Crippen molar-refractivity contribution >= 4 is 27.5 Å². The molecule has 260 valence electrons. The fraction of sp³-hybridized carbons (Fsp3) is 0.500. The van der Waals surface area contributed by atoms with E-state index in [0.29, 0.717) is 63.6 Å². The highest BCUT2D eigenvalue weighted by Gasteiger charge is 2.48. The first-order valence-electron chi connectivity index (χ1n) is 18.1. The second-order valence-electron chi connectivity index (χ2n) is 15.8. The standard InChI is InChI=1S/C40H43F2N5O3/c1-4-29-33(41)8-5-23-11-28(48)12-31(34(23)29)35-30(22(2)3)13-32-37(36(35)42)44-39(45-38(32)47-16-26-6-7-27(17-47)43-26)50-21-40(9-10-40)20-46-14-24-18-49-19-25(24)15-46/h1,5,8,11-13,22,24-27,43,48H,6-7,9-10,14-21H2,2-3H3. The van der Waals surface area contributed by atoms with Crippen LogP contribution in [0.15, 0.2) is 30.3 Å². The number of phenolic OH excluding ortho intramolecular Hbond substituents is 1. The van der Waals surface area contributed by atoms with Gasteiger partial charge in [0.1, 0.15) is 22.9 Å². The van der Waals surface area contributed by atoms with Crippen LogP contribution in [0.25, 0.3) is 32.8 Å². The second kappa shape index (κ2) is 12.0. The van der Waals surface area contributed by atoms with Crippen LogP contribution in [-0.4, -0.2) is 84.6 Å². The highest BCUT2D eigenvalue weighted by atomic mass is 19.1. The number of anilines is 1. The lowest BCUT2D eigenvalue weighted by Crippen LogP contribution is -2.51. The van der Waals surface area contributed by atoms with E-state index in [-0.39, 0.29) is 39.7 Å². The van der Waals surface area contributed by atoms with Gasteiger partial charge in [-0.25, -0.2) is 8.78 Å². The molecule has 4 aromatic rings. The third-order valence-electron chi connectivity index (χ3n) is 11.9. The number of nitrogens with zero attached hydrogens (tertiary/aromatic N) is 4. The number of aromatic hydroxyl groups is 1. The Morgan fingerprint density at radius 1 is 1.06 bits per heavy atom. The van der Waals surface area contributed by atoms with E-state index in [0.717, 1.165) is 71.6 Å². The van der Waals surface area contributed by atoms with E-state index >= 15 is 8.78 Å². The molecule has 0 radical (unpaired) electrons. The number of ether oxygens (including phenoxy) is 2. The first-order valence-corrected chi connectivity index (χ1v) is 18.1.